The number of para-hydroxylation sites is 1. The zero-order valence-electron chi connectivity index (χ0n) is 13.6. The van der Waals surface area contributed by atoms with Crippen LogP contribution < -0.4 is 10.1 Å². The maximum atomic E-state index is 5.99. The Bertz CT molecular complexity index is 403. The minimum atomic E-state index is 0.854. The Balaban J connectivity index is 1.59. The smallest absolute Gasteiger partial charge is 0.142 e. The highest BCUT2D eigenvalue weighted by Gasteiger charge is 2.12. The normalized spacial score (nSPS) is 13.6. The van der Waals surface area contributed by atoms with E-state index in [1.54, 1.807) is 0 Å². The summed E-state index contributed by atoms with van der Waals surface area (Å²) in [6, 6.07) is 6.43. The van der Waals surface area contributed by atoms with Gasteiger partial charge in [0.15, 0.2) is 0 Å². The van der Waals surface area contributed by atoms with Gasteiger partial charge in [0.25, 0.3) is 0 Å². The second kappa shape index (κ2) is 9.70. The van der Waals surface area contributed by atoms with Crippen LogP contribution in [0.2, 0.25) is 0 Å². The third-order valence-corrected chi connectivity index (χ3v) is 4.29. The first-order valence-electron chi connectivity index (χ1n) is 8.90. The van der Waals surface area contributed by atoms with Crippen LogP contribution >= 0.6 is 0 Å². The summed E-state index contributed by atoms with van der Waals surface area (Å²) in [4.78, 5) is 0. The number of nitrogens with one attached hydrogen (secondary N) is 1. The van der Waals surface area contributed by atoms with Crippen LogP contribution in [-0.4, -0.2) is 13.2 Å². The van der Waals surface area contributed by atoms with Gasteiger partial charge in [-0.25, -0.2) is 0 Å². The number of aryl methyl sites for hydroxylation is 1. The predicted octanol–water partition coefficient (Wildman–Crippen LogP) is 5.56. The molecule has 1 heterocycles. The highest BCUT2D eigenvalue weighted by atomic mass is 16.5. The summed E-state index contributed by atoms with van der Waals surface area (Å²) in [5.41, 5.74) is 2.65. The molecule has 2 heteroatoms. The van der Waals surface area contributed by atoms with Gasteiger partial charge < -0.3 is 10.1 Å². The summed E-state index contributed by atoms with van der Waals surface area (Å²) in [6.45, 7) is 4.20. The van der Waals surface area contributed by atoms with Gasteiger partial charge in [0.1, 0.15) is 5.75 Å². The predicted molar refractivity (Wildman–Crippen MR) is 91.4 cm³/mol. The number of hydrogen-bond acceptors (Lipinski definition) is 2. The number of anilines is 1. The molecule has 2 rings (SSSR count). The van der Waals surface area contributed by atoms with Crippen LogP contribution in [0, 0.1) is 0 Å². The highest BCUT2D eigenvalue weighted by Crippen LogP contribution is 2.32. The number of rotatable bonds is 10. The Kier molecular flexibility index (Phi) is 7.48. The van der Waals surface area contributed by atoms with Crippen molar-refractivity contribution in [1.29, 1.82) is 0 Å². The second-order valence-corrected chi connectivity index (χ2v) is 6.14. The molecule has 1 aliphatic rings. The first-order valence-corrected chi connectivity index (χ1v) is 8.90. The van der Waals surface area contributed by atoms with Gasteiger partial charge in [0, 0.05) is 6.54 Å². The van der Waals surface area contributed by atoms with E-state index in [4.69, 9.17) is 4.74 Å². The van der Waals surface area contributed by atoms with E-state index in [1.807, 2.05) is 0 Å². The van der Waals surface area contributed by atoms with E-state index in [0.717, 1.165) is 18.9 Å². The molecule has 1 aromatic rings. The molecule has 1 N–H and O–H groups in total. The van der Waals surface area contributed by atoms with Crippen LogP contribution in [0.1, 0.15) is 70.3 Å². The Morgan fingerprint density at radius 3 is 2.57 bits per heavy atom. The third kappa shape index (κ3) is 5.61. The Labute approximate surface area is 130 Å². The standard InChI is InChI=1S/C19H31NO/c1-2-3-4-5-6-7-8-9-16-21-18-14-10-12-17-13-11-15-20-19(17)18/h10,12,14,20H,2-9,11,13,15-16H2,1H3. The second-order valence-electron chi connectivity index (χ2n) is 6.14. The molecule has 1 aliphatic heterocycles. The van der Waals surface area contributed by atoms with Crippen molar-refractivity contribution in [2.45, 2.75) is 71.1 Å². The van der Waals surface area contributed by atoms with Crippen molar-refractivity contribution in [2.75, 3.05) is 18.5 Å². The van der Waals surface area contributed by atoms with Gasteiger partial charge in [-0.1, -0.05) is 64.0 Å². The molecule has 0 aromatic heterocycles. The average Bonchev–Trinajstić information content (AvgIpc) is 2.53. The zero-order valence-corrected chi connectivity index (χ0v) is 13.6. The minimum Gasteiger partial charge on any atom is -0.491 e. The molecule has 0 radical (unpaired) electrons. The number of unbranched alkanes of at least 4 members (excludes halogenated alkanes) is 7. The van der Waals surface area contributed by atoms with Crippen LogP contribution in [-0.2, 0) is 6.42 Å². The van der Waals surface area contributed by atoms with Crippen LogP contribution in [0.4, 0.5) is 5.69 Å². The van der Waals surface area contributed by atoms with E-state index in [2.05, 4.69) is 30.4 Å². The van der Waals surface area contributed by atoms with Crippen molar-refractivity contribution >= 4 is 5.69 Å². The monoisotopic (exact) mass is 289 g/mol. The van der Waals surface area contributed by atoms with Crippen LogP contribution in [0.5, 0.6) is 5.75 Å². The molecule has 0 unspecified atom stereocenters. The summed E-state index contributed by atoms with van der Waals surface area (Å²) >= 11 is 0. The fourth-order valence-corrected chi connectivity index (χ4v) is 3.02. The summed E-state index contributed by atoms with van der Waals surface area (Å²) in [5.74, 6) is 1.05. The number of ether oxygens (including phenoxy) is 1. The molecular weight excluding hydrogens is 258 g/mol. The molecule has 118 valence electrons. The number of hydrogen-bond donors (Lipinski definition) is 1. The molecule has 0 saturated carbocycles. The molecule has 0 atom stereocenters. The minimum absolute atomic E-state index is 0.854. The van der Waals surface area contributed by atoms with E-state index in [9.17, 15) is 0 Å². The van der Waals surface area contributed by atoms with Gasteiger partial charge in [-0.15, -0.1) is 0 Å². The lowest BCUT2D eigenvalue weighted by Crippen LogP contribution is -2.13. The van der Waals surface area contributed by atoms with Crippen molar-refractivity contribution in [3.63, 3.8) is 0 Å². The van der Waals surface area contributed by atoms with Crippen LogP contribution in [0.15, 0.2) is 18.2 Å². The van der Waals surface area contributed by atoms with Gasteiger partial charge in [0.2, 0.25) is 0 Å². The quantitative estimate of drug-likeness (QED) is 0.569. The topological polar surface area (TPSA) is 21.3 Å². The van der Waals surface area contributed by atoms with Crippen LogP contribution in [0.3, 0.4) is 0 Å². The molecule has 21 heavy (non-hydrogen) atoms. The maximum Gasteiger partial charge on any atom is 0.142 e. The fourth-order valence-electron chi connectivity index (χ4n) is 3.02. The SMILES string of the molecule is CCCCCCCCCCOc1cccc2c1NCCC2. The molecule has 0 fully saturated rings. The number of benzene rings is 1. The zero-order chi connectivity index (χ0) is 14.8. The average molecular weight is 289 g/mol. The molecule has 2 nitrogen and oxygen atoms in total. The summed E-state index contributed by atoms with van der Waals surface area (Å²) in [7, 11) is 0. The van der Waals surface area contributed by atoms with E-state index in [-0.39, 0.29) is 0 Å². The lowest BCUT2D eigenvalue weighted by atomic mass is 10.0. The van der Waals surface area contributed by atoms with Gasteiger partial charge >= 0.3 is 0 Å². The number of fused-ring (bicyclic) bond motifs is 1. The molecule has 1 aromatic carbocycles. The van der Waals surface area contributed by atoms with E-state index >= 15 is 0 Å². The van der Waals surface area contributed by atoms with E-state index in [0.29, 0.717) is 0 Å². The van der Waals surface area contributed by atoms with Crippen molar-refractivity contribution < 1.29 is 4.74 Å². The van der Waals surface area contributed by atoms with Gasteiger partial charge in [-0.3, -0.25) is 0 Å². The lowest BCUT2D eigenvalue weighted by Gasteiger charge is -2.21. The van der Waals surface area contributed by atoms with Gasteiger partial charge in [-0.05, 0) is 30.9 Å². The van der Waals surface area contributed by atoms with Crippen molar-refractivity contribution in [1.82, 2.24) is 0 Å². The van der Waals surface area contributed by atoms with Crippen molar-refractivity contribution in [2.24, 2.45) is 0 Å². The first kappa shape index (κ1) is 16.2. The summed E-state index contributed by atoms with van der Waals surface area (Å²) in [6.07, 6.45) is 13.2. The maximum absolute atomic E-state index is 5.99. The first-order chi connectivity index (χ1) is 10.4. The molecule has 0 saturated heterocycles. The van der Waals surface area contributed by atoms with Crippen molar-refractivity contribution in [3.8, 4) is 5.75 Å². The largest absolute Gasteiger partial charge is 0.491 e. The summed E-state index contributed by atoms with van der Waals surface area (Å²) in [5, 5.41) is 3.49. The molecular formula is C19H31NO. The van der Waals surface area contributed by atoms with Crippen molar-refractivity contribution in [3.05, 3.63) is 23.8 Å². The van der Waals surface area contributed by atoms with Crippen LogP contribution in [0.25, 0.3) is 0 Å². The highest BCUT2D eigenvalue weighted by molar-refractivity contribution is 5.63. The van der Waals surface area contributed by atoms with Gasteiger partial charge in [-0.2, -0.15) is 0 Å². The summed E-state index contributed by atoms with van der Waals surface area (Å²) < 4.78 is 5.99. The molecule has 0 bridgehead atoms. The van der Waals surface area contributed by atoms with E-state index < -0.39 is 0 Å². The molecule has 0 spiro atoms. The third-order valence-electron chi connectivity index (χ3n) is 4.29. The fraction of sp³-hybridized carbons (Fsp3) is 0.684. The Morgan fingerprint density at radius 1 is 1.00 bits per heavy atom. The Morgan fingerprint density at radius 2 is 1.76 bits per heavy atom. The van der Waals surface area contributed by atoms with Gasteiger partial charge in [0.05, 0.1) is 12.3 Å². The van der Waals surface area contributed by atoms with E-state index in [1.165, 1.54) is 75.5 Å². The molecule has 0 amide bonds. The lowest BCUT2D eigenvalue weighted by molar-refractivity contribution is 0.305. The molecule has 0 aliphatic carbocycles. The Hall–Kier alpha value is -1.18.